The van der Waals surface area contributed by atoms with Crippen molar-refractivity contribution in [1.29, 1.82) is 0 Å². The Morgan fingerprint density at radius 2 is 1.50 bits per heavy atom. The van der Waals surface area contributed by atoms with Gasteiger partial charge in [0.1, 0.15) is 5.82 Å². The fourth-order valence-corrected chi connectivity index (χ4v) is 2.15. The largest absolute Gasteiger partial charge is 0.493 e. The minimum Gasteiger partial charge on any atom is -0.493 e. The fourth-order valence-electron chi connectivity index (χ4n) is 2.15. The predicted octanol–water partition coefficient (Wildman–Crippen LogP) is 3.33. The molecule has 1 heterocycles. The number of methoxy groups -OCH3 is 3. The van der Waals surface area contributed by atoms with Crippen LogP contribution in [0.5, 0.6) is 17.2 Å². The molecule has 1 N–H and O–H groups in total. The van der Waals surface area contributed by atoms with Gasteiger partial charge in [0.15, 0.2) is 17.2 Å². The van der Waals surface area contributed by atoms with Gasteiger partial charge in [-0.25, -0.2) is 4.98 Å². The summed E-state index contributed by atoms with van der Waals surface area (Å²) in [5, 5.41) is 2.75. The van der Waals surface area contributed by atoms with Crippen molar-refractivity contribution in [2.24, 2.45) is 0 Å². The highest BCUT2D eigenvalue weighted by Gasteiger charge is 2.34. The van der Waals surface area contributed by atoms with Gasteiger partial charge in [0.2, 0.25) is 11.7 Å². The third-order valence-corrected chi connectivity index (χ3v) is 3.38. The summed E-state index contributed by atoms with van der Waals surface area (Å²) in [5.74, 6) is 0.947. The fraction of sp³-hybridized carbons (Fsp3) is 0.375. The van der Waals surface area contributed by atoms with Gasteiger partial charge in [0.05, 0.1) is 21.3 Å². The summed E-state index contributed by atoms with van der Waals surface area (Å²) >= 11 is 0. The van der Waals surface area contributed by atoms with E-state index >= 15 is 0 Å². The normalized spacial score (nSPS) is 11.1. The first kappa shape index (κ1) is 19.4. The van der Waals surface area contributed by atoms with Crippen LogP contribution in [0.2, 0.25) is 0 Å². The van der Waals surface area contributed by atoms with E-state index in [9.17, 15) is 13.2 Å². The lowest BCUT2D eigenvalue weighted by Gasteiger charge is -2.17. The smallest absolute Gasteiger partial charge is 0.433 e. The molecule has 0 amide bonds. The lowest BCUT2D eigenvalue weighted by atomic mass is 10.2. The Labute approximate surface area is 148 Å². The zero-order valence-electron chi connectivity index (χ0n) is 14.9. The van der Waals surface area contributed by atoms with Gasteiger partial charge >= 0.3 is 6.18 Å². The van der Waals surface area contributed by atoms with Crippen molar-refractivity contribution < 1.29 is 27.4 Å². The molecule has 0 bridgehead atoms. The molecule has 0 unspecified atom stereocenters. The van der Waals surface area contributed by atoms with E-state index in [1.165, 1.54) is 26.2 Å². The number of anilines is 3. The summed E-state index contributed by atoms with van der Waals surface area (Å²) in [6.45, 7) is 0. The van der Waals surface area contributed by atoms with Gasteiger partial charge in [0, 0.05) is 38.0 Å². The molecule has 26 heavy (non-hydrogen) atoms. The summed E-state index contributed by atoms with van der Waals surface area (Å²) in [6, 6.07) is 3.96. The maximum atomic E-state index is 13.1. The van der Waals surface area contributed by atoms with Crippen LogP contribution in [0.15, 0.2) is 18.2 Å². The molecule has 1 aromatic carbocycles. The van der Waals surface area contributed by atoms with Crippen molar-refractivity contribution in [3.05, 3.63) is 23.9 Å². The lowest BCUT2D eigenvalue weighted by molar-refractivity contribution is -0.141. The second kappa shape index (κ2) is 7.54. The quantitative estimate of drug-likeness (QED) is 0.834. The summed E-state index contributed by atoms with van der Waals surface area (Å²) in [4.78, 5) is 9.09. The van der Waals surface area contributed by atoms with E-state index in [0.717, 1.165) is 6.07 Å². The summed E-state index contributed by atoms with van der Waals surface area (Å²) in [6.07, 6.45) is -4.60. The van der Waals surface area contributed by atoms with Crippen LogP contribution >= 0.6 is 0 Å². The Balaban J connectivity index is 2.49. The molecule has 10 heteroatoms. The first-order valence-corrected chi connectivity index (χ1v) is 7.40. The van der Waals surface area contributed by atoms with E-state index < -0.39 is 11.9 Å². The monoisotopic (exact) mass is 372 g/mol. The summed E-state index contributed by atoms with van der Waals surface area (Å²) in [7, 11) is 7.50. The van der Waals surface area contributed by atoms with Crippen LogP contribution in [0.3, 0.4) is 0 Å². The summed E-state index contributed by atoms with van der Waals surface area (Å²) < 4.78 is 54.9. The predicted molar refractivity (Wildman–Crippen MR) is 90.7 cm³/mol. The molecular weight excluding hydrogens is 353 g/mol. The van der Waals surface area contributed by atoms with Gasteiger partial charge < -0.3 is 24.4 Å². The van der Waals surface area contributed by atoms with E-state index in [2.05, 4.69) is 15.3 Å². The molecular formula is C16H19F3N4O3. The zero-order chi connectivity index (χ0) is 19.5. The van der Waals surface area contributed by atoms with Crippen molar-refractivity contribution >= 4 is 17.5 Å². The van der Waals surface area contributed by atoms with Crippen LogP contribution in [0, 0.1) is 0 Å². The van der Waals surface area contributed by atoms with Crippen LogP contribution in [0.25, 0.3) is 0 Å². The highest BCUT2D eigenvalue weighted by Crippen LogP contribution is 2.40. The molecule has 0 atom stereocenters. The van der Waals surface area contributed by atoms with Gasteiger partial charge in [-0.3, -0.25) is 0 Å². The van der Waals surface area contributed by atoms with Crippen LogP contribution in [-0.2, 0) is 6.18 Å². The van der Waals surface area contributed by atoms with Gasteiger partial charge in [-0.1, -0.05) is 0 Å². The molecule has 0 spiro atoms. The van der Waals surface area contributed by atoms with Crippen LogP contribution in [-0.4, -0.2) is 45.4 Å². The molecule has 0 saturated carbocycles. The molecule has 7 nitrogen and oxygen atoms in total. The minimum atomic E-state index is -4.60. The van der Waals surface area contributed by atoms with Crippen LogP contribution < -0.4 is 24.4 Å². The number of hydrogen-bond acceptors (Lipinski definition) is 7. The average Bonchev–Trinajstić information content (AvgIpc) is 2.59. The third kappa shape index (κ3) is 4.19. The van der Waals surface area contributed by atoms with E-state index in [1.807, 2.05) is 0 Å². The molecule has 142 valence electrons. The van der Waals surface area contributed by atoms with Gasteiger partial charge in [-0.15, -0.1) is 0 Å². The number of aromatic nitrogens is 2. The number of hydrogen-bond donors (Lipinski definition) is 1. The number of ether oxygens (including phenoxy) is 3. The molecule has 0 aliphatic rings. The molecule has 0 radical (unpaired) electrons. The van der Waals surface area contributed by atoms with Crippen molar-refractivity contribution in [2.75, 3.05) is 45.6 Å². The van der Waals surface area contributed by atoms with Gasteiger partial charge in [0.25, 0.3) is 0 Å². The molecule has 0 aliphatic heterocycles. The molecule has 2 rings (SSSR count). The van der Waals surface area contributed by atoms with Crippen LogP contribution in [0.1, 0.15) is 5.69 Å². The SMILES string of the molecule is COc1cc(Nc2nc(N(C)C)cc(C(F)(F)F)n2)cc(OC)c1OC. The Hall–Kier alpha value is -2.91. The third-order valence-electron chi connectivity index (χ3n) is 3.38. The van der Waals surface area contributed by atoms with Crippen molar-refractivity contribution in [1.82, 2.24) is 9.97 Å². The Bertz CT molecular complexity index is 757. The summed E-state index contributed by atoms with van der Waals surface area (Å²) in [5.41, 5.74) is -0.672. The number of benzene rings is 1. The highest BCUT2D eigenvalue weighted by atomic mass is 19.4. The first-order chi connectivity index (χ1) is 12.2. The maximum Gasteiger partial charge on any atom is 0.433 e. The molecule has 0 aliphatic carbocycles. The molecule has 0 saturated heterocycles. The Morgan fingerprint density at radius 1 is 0.923 bits per heavy atom. The van der Waals surface area contributed by atoms with Gasteiger partial charge in [-0.05, 0) is 0 Å². The number of nitrogens with zero attached hydrogens (tertiary/aromatic N) is 3. The van der Waals surface area contributed by atoms with E-state index in [0.29, 0.717) is 22.9 Å². The standard InChI is InChI=1S/C16H19F3N4O3/c1-23(2)13-8-12(16(17,18)19)21-15(22-13)20-9-6-10(24-3)14(26-5)11(7-9)25-4/h6-8H,1-5H3,(H,20,21,22). The second-order valence-corrected chi connectivity index (χ2v) is 5.37. The maximum absolute atomic E-state index is 13.1. The van der Waals surface area contributed by atoms with E-state index in [-0.39, 0.29) is 11.8 Å². The van der Waals surface area contributed by atoms with Crippen molar-refractivity contribution in [3.8, 4) is 17.2 Å². The van der Waals surface area contributed by atoms with Crippen LogP contribution in [0.4, 0.5) is 30.6 Å². The molecule has 0 fully saturated rings. The molecule has 1 aromatic heterocycles. The topological polar surface area (TPSA) is 68.7 Å². The second-order valence-electron chi connectivity index (χ2n) is 5.37. The number of rotatable bonds is 6. The number of halogens is 3. The number of alkyl halides is 3. The van der Waals surface area contributed by atoms with E-state index in [1.54, 1.807) is 26.2 Å². The van der Waals surface area contributed by atoms with E-state index in [4.69, 9.17) is 14.2 Å². The first-order valence-electron chi connectivity index (χ1n) is 7.40. The number of nitrogens with one attached hydrogen (secondary N) is 1. The zero-order valence-corrected chi connectivity index (χ0v) is 14.9. The molecule has 2 aromatic rings. The van der Waals surface area contributed by atoms with Gasteiger partial charge in [-0.2, -0.15) is 18.2 Å². The highest BCUT2D eigenvalue weighted by molar-refractivity contribution is 5.66. The van der Waals surface area contributed by atoms with Crippen molar-refractivity contribution in [2.45, 2.75) is 6.18 Å². The average molecular weight is 372 g/mol. The minimum absolute atomic E-state index is 0.113. The Kier molecular flexibility index (Phi) is 5.63. The lowest BCUT2D eigenvalue weighted by Crippen LogP contribution is -2.16. The van der Waals surface area contributed by atoms with Crippen molar-refractivity contribution in [3.63, 3.8) is 0 Å². The Morgan fingerprint density at radius 3 is 1.92 bits per heavy atom.